The van der Waals surface area contributed by atoms with Crippen LogP contribution in [0.4, 0.5) is 0 Å². The van der Waals surface area contributed by atoms with Crippen LogP contribution >= 0.6 is 0 Å². The zero-order chi connectivity index (χ0) is 11.4. The Morgan fingerprint density at radius 2 is 2.38 bits per heavy atom. The number of H-pyrrole nitrogens is 1. The third-order valence-corrected chi connectivity index (χ3v) is 3.85. The second kappa shape index (κ2) is 4.85. The molecule has 1 aliphatic heterocycles. The molecule has 0 spiro atoms. The van der Waals surface area contributed by atoms with E-state index in [0.29, 0.717) is 5.82 Å². The number of hydrogen-bond acceptors (Lipinski definition) is 6. The molecule has 1 aromatic heterocycles. The van der Waals surface area contributed by atoms with E-state index in [0.717, 1.165) is 19.4 Å². The van der Waals surface area contributed by atoms with E-state index in [1.165, 1.54) is 0 Å². The molecule has 1 atom stereocenters. The highest BCUT2D eigenvalue weighted by Gasteiger charge is 2.21. The minimum atomic E-state index is -3.28. The van der Waals surface area contributed by atoms with Crippen molar-refractivity contribution >= 4 is 10.0 Å². The lowest BCUT2D eigenvalue weighted by Crippen LogP contribution is -2.36. The zero-order valence-corrected chi connectivity index (χ0v) is 9.50. The van der Waals surface area contributed by atoms with Crippen LogP contribution in [0.5, 0.6) is 0 Å². The highest BCUT2D eigenvalue weighted by atomic mass is 32.2. The standard InChI is InChI=1S/C7H14N6O2S/c14-16(15,5-6-2-1-3-8-6)9-4-7-10-12-13-11-7/h6,8-9H,1-5H2,(H,10,11,12,13). The van der Waals surface area contributed by atoms with Crippen molar-refractivity contribution in [1.29, 1.82) is 0 Å². The summed E-state index contributed by atoms with van der Waals surface area (Å²) in [6.45, 7) is 0.969. The van der Waals surface area contributed by atoms with Crippen LogP contribution in [0.1, 0.15) is 18.7 Å². The maximum atomic E-state index is 11.6. The van der Waals surface area contributed by atoms with E-state index in [4.69, 9.17) is 0 Å². The van der Waals surface area contributed by atoms with Gasteiger partial charge in [0.25, 0.3) is 0 Å². The molecule has 0 radical (unpaired) electrons. The molecule has 9 heteroatoms. The number of hydrogen-bond donors (Lipinski definition) is 3. The first-order valence-corrected chi connectivity index (χ1v) is 6.74. The van der Waals surface area contributed by atoms with E-state index in [9.17, 15) is 8.42 Å². The number of nitrogens with one attached hydrogen (secondary N) is 3. The molecule has 1 aromatic rings. The fraction of sp³-hybridized carbons (Fsp3) is 0.857. The van der Waals surface area contributed by atoms with Gasteiger partial charge in [0.05, 0.1) is 12.3 Å². The lowest BCUT2D eigenvalue weighted by Gasteiger charge is -2.10. The molecule has 8 nitrogen and oxygen atoms in total. The Morgan fingerprint density at radius 1 is 1.50 bits per heavy atom. The Hall–Kier alpha value is -1.06. The molecule has 2 rings (SSSR count). The van der Waals surface area contributed by atoms with Crippen molar-refractivity contribution < 1.29 is 8.42 Å². The van der Waals surface area contributed by atoms with Crippen LogP contribution < -0.4 is 10.0 Å². The number of aromatic amines is 1. The summed E-state index contributed by atoms with van der Waals surface area (Å²) in [4.78, 5) is 0. The van der Waals surface area contributed by atoms with Crippen LogP contribution in [0.3, 0.4) is 0 Å². The number of tetrazole rings is 1. The summed E-state index contributed by atoms with van der Waals surface area (Å²) < 4.78 is 25.7. The maximum absolute atomic E-state index is 11.6. The molecule has 0 aromatic carbocycles. The Morgan fingerprint density at radius 3 is 3.00 bits per heavy atom. The monoisotopic (exact) mass is 246 g/mol. The van der Waals surface area contributed by atoms with Crippen molar-refractivity contribution in [3.05, 3.63) is 5.82 Å². The van der Waals surface area contributed by atoms with E-state index in [-0.39, 0.29) is 18.3 Å². The fourth-order valence-electron chi connectivity index (χ4n) is 1.65. The Kier molecular flexibility index (Phi) is 3.46. The largest absolute Gasteiger partial charge is 0.313 e. The van der Waals surface area contributed by atoms with Gasteiger partial charge in [-0.15, -0.1) is 10.2 Å². The number of sulfonamides is 1. The zero-order valence-electron chi connectivity index (χ0n) is 8.68. The van der Waals surface area contributed by atoms with Gasteiger partial charge in [-0.1, -0.05) is 5.21 Å². The summed E-state index contributed by atoms with van der Waals surface area (Å²) >= 11 is 0. The molecule has 1 fully saturated rings. The topological polar surface area (TPSA) is 113 Å². The Labute approximate surface area is 93.2 Å². The third-order valence-electron chi connectivity index (χ3n) is 2.42. The van der Waals surface area contributed by atoms with Crippen LogP contribution in [-0.2, 0) is 16.6 Å². The summed E-state index contributed by atoms with van der Waals surface area (Å²) in [5, 5.41) is 16.1. The summed E-state index contributed by atoms with van der Waals surface area (Å²) in [5.74, 6) is 0.438. The van der Waals surface area contributed by atoms with E-state index >= 15 is 0 Å². The lowest BCUT2D eigenvalue weighted by molar-refractivity contribution is 0.561. The second-order valence-electron chi connectivity index (χ2n) is 3.72. The highest BCUT2D eigenvalue weighted by molar-refractivity contribution is 7.89. The van der Waals surface area contributed by atoms with Crippen molar-refractivity contribution in [1.82, 2.24) is 30.7 Å². The molecule has 2 heterocycles. The SMILES string of the molecule is O=S(=O)(CC1CCCN1)NCc1nn[nH]n1. The summed E-state index contributed by atoms with van der Waals surface area (Å²) in [5.41, 5.74) is 0. The molecule has 0 aliphatic carbocycles. The van der Waals surface area contributed by atoms with Gasteiger partial charge >= 0.3 is 0 Å². The lowest BCUT2D eigenvalue weighted by atomic mass is 10.3. The first kappa shape index (κ1) is 11.4. The molecular formula is C7H14N6O2S. The van der Waals surface area contributed by atoms with Gasteiger partial charge < -0.3 is 5.32 Å². The molecule has 3 N–H and O–H groups in total. The first-order valence-electron chi connectivity index (χ1n) is 5.09. The normalized spacial score (nSPS) is 21.4. The van der Waals surface area contributed by atoms with E-state index < -0.39 is 10.0 Å². The van der Waals surface area contributed by atoms with Gasteiger partial charge in [0, 0.05) is 6.04 Å². The minimum absolute atomic E-state index is 0.0581. The molecule has 1 saturated heterocycles. The fourth-order valence-corrected chi connectivity index (χ4v) is 2.94. The van der Waals surface area contributed by atoms with Crippen molar-refractivity contribution in [3.8, 4) is 0 Å². The minimum Gasteiger partial charge on any atom is -0.313 e. The molecular weight excluding hydrogens is 232 g/mol. The molecule has 0 saturated carbocycles. The quantitative estimate of drug-likeness (QED) is 0.575. The van der Waals surface area contributed by atoms with Crippen LogP contribution in [0.25, 0.3) is 0 Å². The predicted octanol–water partition coefficient (Wildman–Crippen LogP) is -1.63. The van der Waals surface area contributed by atoms with Gasteiger partial charge in [-0.05, 0) is 19.4 Å². The molecule has 1 aliphatic rings. The van der Waals surface area contributed by atoms with Crippen LogP contribution in [0.15, 0.2) is 0 Å². The van der Waals surface area contributed by atoms with Gasteiger partial charge in [0.15, 0.2) is 5.82 Å². The average Bonchev–Trinajstić information content (AvgIpc) is 2.85. The molecule has 0 amide bonds. The van der Waals surface area contributed by atoms with Crippen molar-refractivity contribution in [2.24, 2.45) is 0 Å². The van der Waals surface area contributed by atoms with Crippen molar-refractivity contribution in [2.45, 2.75) is 25.4 Å². The van der Waals surface area contributed by atoms with E-state index in [2.05, 4.69) is 30.7 Å². The van der Waals surface area contributed by atoms with Gasteiger partial charge in [0.2, 0.25) is 10.0 Å². The third kappa shape index (κ3) is 3.22. The number of nitrogens with zero attached hydrogens (tertiary/aromatic N) is 3. The van der Waals surface area contributed by atoms with E-state index in [1.807, 2.05) is 0 Å². The highest BCUT2D eigenvalue weighted by Crippen LogP contribution is 2.06. The molecule has 90 valence electrons. The van der Waals surface area contributed by atoms with Gasteiger partial charge in [0.1, 0.15) is 0 Å². The van der Waals surface area contributed by atoms with Gasteiger partial charge in [-0.2, -0.15) is 5.21 Å². The molecule has 0 bridgehead atoms. The van der Waals surface area contributed by atoms with Gasteiger partial charge in [-0.25, -0.2) is 13.1 Å². The number of rotatable bonds is 5. The van der Waals surface area contributed by atoms with E-state index in [1.54, 1.807) is 0 Å². The average molecular weight is 246 g/mol. The summed E-state index contributed by atoms with van der Waals surface area (Å²) in [6, 6.07) is 0.0581. The van der Waals surface area contributed by atoms with Crippen molar-refractivity contribution in [2.75, 3.05) is 12.3 Å². The Bertz CT molecular complexity index is 410. The maximum Gasteiger partial charge on any atom is 0.213 e. The van der Waals surface area contributed by atoms with Crippen LogP contribution in [0, 0.1) is 0 Å². The first-order chi connectivity index (χ1) is 7.66. The molecule has 16 heavy (non-hydrogen) atoms. The second-order valence-corrected chi connectivity index (χ2v) is 5.58. The Balaban J connectivity index is 1.82. The number of aromatic nitrogens is 4. The van der Waals surface area contributed by atoms with Crippen LogP contribution in [0.2, 0.25) is 0 Å². The van der Waals surface area contributed by atoms with Crippen LogP contribution in [-0.4, -0.2) is 47.4 Å². The predicted molar refractivity (Wildman–Crippen MR) is 55.8 cm³/mol. The summed E-state index contributed by atoms with van der Waals surface area (Å²) in [6.07, 6.45) is 1.94. The summed E-state index contributed by atoms with van der Waals surface area (Å²) in [7, 11) is -3.28. The molecule has 1 unspecified atom stereocenters. The smallest absolute Gasteiger partial charge is 0.213 e. The van der Waals surface area contributed by atoms with Crippen molar-refractivity contribution in [3.63, 3.8) is 0 Å². The van der Waals surface area contributed by atoms with Gasteiger partial charge in [-0.3, -0.25) is 0 Å².